The van der Waals surface area contributed by atoms with Gasteiger partial charge in [-0.25, -0.2) is 4.98 Å². The lowest BCUT2D eigenvalue weighted by Crippen LogP contribution is -2.08. The van der Waals surface area contributed by atoms with Crippen molar-refractivity contribution in [1.29, 1.82) is 0 Å². The van der Waals surface area contributed by atoms with Crippen molar-refractivity contribution in [2.24, 2.45) is 0 Å². The Bertz CT molecular complexity index is 1180. The summed E-state index contributed by atoms with van der Waals surface area (Å²) in [6.07, 6.45) is 0. The third-order valence-corrected chi connectivity index (χ3v) is 3.98. The number of aromatic nitrogens is 3. The maximum absolute atomic E-state index is 11.9. The molecule has 2 aromatic heterocycles. The molecule has 0 unspecified atom stereocenters. The van der Waals surface area contributed by atoms with Gasteiger partial charge in [-0.15, -0.1) is 0 Å². The van der Waals surface area contributed by atoms with Gasteiger partial charge in [0.25, 0.3) is 5.56 Å². The third kappa shape index (κ3) is 2.20. The Labute approximate surface area is 135 Å². The van der Waals surface area contributed by atoms with Gasteiger partial charge in [0.15, 0.2) is 4.77 Å². The molecule has 4 rings (SSSR count). The summed E-state index contributed by atoms with van der Waals surface area (Å²) >= 11 is 4.98. The van der Waals surface area contributed by atoms with Gasteiger partial charge < -0.3 is 10.1 Å². The molecule has 0 amide bonds. The molecule has 5 nitrogen and oxygen atoms in total. The van der Waals surface area contributed by atoms with Crippen molar-refractivity contribution in [3.05, 3.63) is 63.7 Å². The maximum Gasteiger partial charge on any atom is 0.261 e. The molecule has 6 heteroatoms. The molecule has 2 heterocycles. The Hall–Kier alpha value is -2.99. The molecule has 23 heavy (non-hydrogen) atoms. The van der Waals surface area contributed by atoms with Crippen LogP contribution in [0.1, 0.15) is 0 Å². The van der Waals surface area contributed by atoms with E-state index >= 15 is 0 Å². The number of aromatic amines is 2. The Morgan fingerprint density at radius 1 is 0.957 bits per heavy atom. The quantitative estimate of drug-likeness (QED) is 0.469. The molecule has 0 bridgehead atoms. The topological polar surface area (TPSA) is 81.8 Å². The normalized spacial score (nSPS) is 11.1. The van der Waals surface area contributed by atoms with E-state index in [0.29, 0.717) is 22.3 Å². The van der Waals surface area contributed by atoms with Crippen LogP contribution in [-0.2, 0) is 0 Å². The number of aromatic hydroxyl groups is 1. The molecule has 3 N–H and O–H groups in total. The maximum atomic E-state index is 11.9. The van der Waals surface area contributed by atoms with Crippen LogP contribution in [0, 0.1) is 4.77 Å². The first-order chi connectivity index (χ1) is 11.1. The molecule has 0 aliphatic rings. The number of benzene rings is 2. The van der Waals surface area contributed by atoms with E-state index in [1.807, 2.05) is 36.4 Å². The van der Waals surface area contributed by atoms with Crippen molar-refractivity contribution in [3.63, 3.8) is 0 Å². The minimum atomic E-state index is -0.287. The molecular weight excluding hydrogens is 310 g/mol. The molecule has 0 spiro atoms. The third-order valence-electron chi connectivity index (χ3n) is 3.78. The molecule has 2 aromatic carbocycles. The average Bonchev–Trinajstić information content (AvgIpc) is 2.55. The van der Waals surface area contributed by atoms with E-state index in [9.17, 15) is 9.90 Å². The number of nitrogens with zero attached hydrogens (tertiary/aromatic N) is 1. The van der Waals surface area contributed by atoms with Gasteiger partial charge >= 0.3 is 0 Å². The molecule has 0 aliphatic carbocycles. The molecule has 0 saturated heterocycles. The van der Waals surface area contributed by atoms with Crippen LogP contribution < -0.4 is 5.56 Å². The Kier molecular flexibility index (Phi) is 2.99. The van der Waals surface area contributed by atoms with Crippen molar-refractivity contribution in [1.82, 2.24) is 15.0 Å². The molecule has 0 atom stereocenters. The second-order valence-corrected chi connectivity index (χ2v) is 5.59. The molecule has 0 saturated carbocycles. The minimum Gasteiger partial charge on any atom is -0.507 e. The first kappa shape index (κ1) is 13.7. The lowest BCUT2D eigenvalue weighted by molar-refractivity contribution is 0.483. The van der Waals surface area contributed by atoms with Gasteiger partial charge in [-0.05, 0) is 35.8 Å². The lowest BCUT2D eigenvalue weighted by Gasteiger charge is -2.08. The van der Waals surface area contributed by atoms with Crippen molar-refractivity contribution in [3.8, 4) is 17.0 Å². The number of fused-ring (bicyclic) bond motifs is 2. The SMILES string of the molecule is O=c1[nH]c(=S)[nH]c2nc(-c3ccc4ccccc4c3O)ccc12. The molecule has 0 fully saturated rings. The number of phenols is 1. The van der Waals surface area contributed by atoms with E-state index in [2.05, 4.69) is 15.0 Å². The van der Waals surface area contributed by atoms with Gasteiger partial charge in [-0.2, -0.15) is 0 Å². The van der Waals surface area contributed by atoms with Crippen LogP contribution in [0.15, 0.2) is 53.3 Å². The zero-order valence-corrected chi connectivity index (χ0v) is 12.6. The summed E-state index contributed by atoms with van der Waals surface area (Å²) in [5.74, 6) is 0.165. The van der Waals surface area contributed by atoms with E-state index < -0.39 is 0 Å². The van der Waals surface area contributed by atoms with Crippen LogP contribution in [0.2, 0.25) is 0 Å². The van der Waals surface area contributed by atoms with E-state index in [1.165, 1.54) is 0 Å². The van der Waals surface area contributed by atoms with Crippen molar-refractivity contribution < 1.29 is 5.11 Å². The number of phenolic OH excluding ortho intramolecular Hbond substituents is 1. The summed E-state index contributed by atoms with van der Waals surface area (Å²) in [7, 11) is 0. The van der Waals surface area contributed by atoms with Gasteiger partial charge in [0.05, 0.1) is 11.1 Å². The Balaban J connectivity index is 2.01. The predicted molar refractivity (Wildman–Crippen MR) is 92.2 cm³/mol. The molecular formula is C17H11N3O2S. The highest BCUT2D eigenvalue weighted by molar-refractivity contribution is 7.71. The standard InChI is InChI=1S/C17H11N3O2S/c21-14-10-4-2-1-3-9(10)5-6-11(14)13-8-7-12-15(18-13)19-17(23)20-16(12)22/h1-8,21H,(H2,18,19,20,22,23). The van der Waals surface area contributed by atoms with Crippen molar-refractivity contribution >= 4 is 34.0 Å². The largest absolute Gasteiger partial charge is 0.507 e. The Morgan fingerprint density at radius 2 is 1.78 bits per heavy atom. The fourth-order valence-corrected chi connectivity index (χ4v) is 2.85. The molecule has 112 valence electrons. The van der Waals surface area contributed by atoms with Crippen LogP contribution in [-0.4, -0.2) is 20.1 Å². The van der Waals surface area contributed by atoms with Gasteiger partial charge in [-0.3, -0.25) is 9.78 Å². The van der Waals surface area contributed by atoms with Crippen molar-refractivity contribution in [2.45, 2.75) is 0 Å². The second-order valence-electron chi connectivity index (χ2n) is 5.18. The summed E-state index contributed by atoms with van der Waals surface area (Å²) in [5, 5.41) is 12.7. The average molecular weight is 321 g/mol. The van der Waals surface area contributed by atoms with E-state index in [-0.39, 0.29) is 16.1 Å². The number of nitrogens with one attached hydrogen (secondary N) is 2. The van der Waals surface area contributed by atoms with Gasteiger partial charge in [-0.1, -0.05) is 30.3 Å². The van der Waals surface area contributed by atoms with Crippen LogP contribution in [0.25, 0.3) is 33.1 Å². The highest BCUT2D eigenvalue weighted by Crippen LogP contribution is 2.35. The summed E-state index contributed by atoms with van der Waals surface area (Å²) in [6, 6.07) is 14.7. The molecule has 4 aromatic rings. The second kappa shape index (κ2) is 5.03. The van der Waals surface area contributed by atoms with E-state index in [4.69, 9.17) is 12.2 Å². The molecule has 0 aliphatic heterocycles. The minimum absolute atomic E-state index is 0.165. The fourth-order valence-electron chi connectivity index (χ4n) is 2.66. The van der Waals surface area contributed by atoms with E-state index in [0.717, 1.165) is 10.8 Å². The van der Waals surface area contributed by atoms with Crippen LogP contribution >= 0.6 is 12.2 Å². The summed E-state index contributed by atoms with van der Waals surface area (Å²) < 4.78 is 0.217. The van der Waals surface area contributed by atoms with Crippen LogP contribution in [0.4, 0.5) is 0 Å². The molecule has 0 radical (unpaired) electrons. The Morgan fingerprint density at radius 3 is 2.65 bits per heavy atom. The monoisotopic (exact) mass is 321 g/mol. The first-order valence-electron chi connectivity index (χ1n) is 6.98. The van der Waals surface area contributed by atoms with Crippen LogP contribution in [0.3, 0.4) is 0 Å². The summed E-state index contributed by atoms with van der Waals surface area (Å²) in [4.78, 5) is 21.7. The zero-order valence-electron chi connectivity index (χ0n) is 11.8. The van der Waals surface area contributed by atoms with E-state index in [1.54, 1.807) is 12.1 Å². The predicted octanol–water partition coefficient (Wildman–Crippen LogP) is 3.51. The lowest BCUT2D eigenvalue weighted by atomic mass is 10.0. The number of H-pyrrole nitrogens is 2. The highest BCUT2D eigenvalue weighted by atomic mass is 32.1. The smallest absolute Gasteiger partial charge is 0.261 e. The number of rotatable bonds is 1. The first-order valence-corrected chi connectivity index (χ1v) is 7.39. The number of pyridine rings is 1. The fraction of sp³-hybridized carbons (Fsp3) is 0. The summed E-state index contributed by atoms with van der Waals surface area (Å²) in [5.41, 5.74) is 1.27. The van der Waals surface area contributed by atoms with Gasteiger partial charge in [0.1, 0.15) is 11.4 Å². The van der Waals surface area contributed by atoms with Crippen molar-refractivity contribution in [2.75, 3.05) is 0 Å². The van der Waals surface area contributed by atoms with Gasteiger partial charge in [0, 0.05) is 10.9 Å². The van der Waals surface area contributed by atoms with Crippen LogP contribution in [0.5, 0.6) is 5.75 Å². The number of hydrogen-bond donors (Lipinski definition) is 3. The zero-order chi connectivity index (χ0) is 16.0. The van der Waals surface area contributed by atoms with Gasteiger partial charge in [0.2, 0.25) is 0 Å². The highest BCUT2D eigenvalue weighted by Gasteiger charge is 2.11. The summed E-state index contributed by atoms with van der Waals surface area (Å²) in [6.45, 7) is 0. The number of hydrogen-bond acceptors (Lipinski definition) is 4.